The molecule has 0 aromatic heterocycles. The molecule has 0 fully saturated rings. The van der Waals surface area contributed by atoms with E-state index in [0.717, 1.165) is 16.9 Å². The van der Waals surface area contributed by atoms with Gasteiger partial charge in [-0.15, -0.1) is 11.8 Å². The molecule has 128 valence electrons. The molecule has 0 spiro atoms. The quantitative estimate of drug-likeness (QED) is 0.787. The lowest BCUT2D eigenvalue weighted by atomic mass is 10.2. The molecule has 1 atom stereocenters. The van der Waals surface area contributed by atoms with Crippen molar-refractivity contribution < 1.29 is 13.9 Å². The normalized spacial score (nSPS) is 11.8. The molecule has 0 saturated heterocycles. The van der Waals surface area contributed by atoms with Crippen LogP contribution in [0, 0.1) is 5.82 Å². The number of thioether (sulfide) groups is 1. The fourth-order valence-corrected chi connectivity index (χ4v) is 3.17. The maximum Gasteiger partial charge on any atom is 0.233 e. The number of ether oxygens (including phenoxy) is 1. The van der Waals surface area contributed by atoms with Gasteiger partial charge in [0, 0.05) is 22.9 Å². The minimum absolute atomic E-state index is 0.0645. The van der Waals surface area contributed by atoms with E-state index < -0.39 is 0 Å². The second-order valence-electron chi connectivity index (χ2n) is 5.25. The van der Waals surface area contributed by atoms with Gasteiger partial charge in [0.1, 0.15) is 11.6 Å². The van der Waals surface area contributed by atoms with Crippen LogP contribution < -0.4 is 10.1 Å². The molecule has 0 aliphatic carbocycles. The maximum absolute atomic E-state index is 12.9. The van der Waals surface area contributed by atoms with E-state index in [-0.39, 0.29) is 17.0 Å². The zero-order chi connectivity index (χ0) is 17.5. The van der Waals surface area contributed by atoms with Gasteiger partial charge < -0.3 is 10.1 Å². The van der Waals surface area contributed by atoms with Gasteiger partial charge in [0.25, 0.3) is 0 Å². The van der Waals surface area contributed by atoms with Gasteiger partial charge in [-0.25, -0.2) is 4.39 Å². The molecular weight excluding hydrogens is 349 g/mol. The van der Waals surface area contributed by atoms with Gasteiger partial charge in [0.15, 0.2) is 0 Å². The third kappa shape index (κ3) is 5.42. The van der Waals surface area contributed by atoms with E-state index in [1.165, 1.54) is 23.9 Å². The van der Waals surface area contributed by atoms with Crippen molar-refractivity contribution >= 4 is 29.3 Å². The molecular formula is C18H19ClFNO2S. The molecule has 0 aliphatic heterocycles. The predicted molar refractivity (Wildman–Crippen MR) is 97.0 cm³/mol. The van der Waals surface area contributed by atoms with Gasteiger partial charge in [-0.1, -0.05) is 23.7 Å². The summed E-state index contributed by atoms with van der Waals surface area (Å²) in [6.45, 7) is 2.23. The number of halogens is 2. The van der Waals surface area contributed by atoms with E-state index in [1.807, 2.05) is 19.1 Å². The molecule has 2 aromatic rings. The van der Waals surface area contributed by atoms with E-state index in [4.69, 9.17) is 16.3 Å². The van der Waals surface area contributed by atoms with Crippen molar-refractivity contribution in [1.82, 2.24) is 5.32 Å². The summed E-state index contributed by atoms with van der Waals surface area (Å²) in [4.78, 5) is 12.2. The summed E-state index contributed by atoms with van der Waals surface area (Å²) in [5.74, 6) is 1.02. The van der Waals surface area contributed by atoms with Gasteiger partial charge in [-0.05, 0) is 42.8 Å². The Kier molecular flexibility index (Phi) is 6.94. The largest absolute Gasteiger partial charge is 0.496 e. The average molecular weight is 368 g/mol. The molecule has 0 heterocycles. The smallest absolute Gasteiger partial charge is 0.233 e. The van der Waals surface area contributed by atoms with Crippen molar-refractivity contribution in [1.29, 1.82) is 0 Å². The van der Waals surface area contributed by atoms with E-state index in [2.05, 4.69) is 5.32 Å². The summed E-state index contributed by atoms with van der Waals surface area (Å²) >= 11 is 7.51. The van der Waals surface area contributed by atoms with Gasteiger partial charge in [-0.3, -0.25) is 4.79 Å². The molecule has 1 unspecified atom stereocenters. The minimum atomic E-state index is -0.288. The molecule has 0 radical (unpaired) electrons. The van der Waals surface area contributed by atoms with E-state index in [9.17, 15) is 9.18 Å². The SMILES string of the molecule is COc1ccc(Cl)cc1CSC(C)C(=O)NCc1ccc(F)cc1. The number of hydrogen-bond donors (Lipinski definition) is 1. The van der Waals surface area contributed by atoms with Gasteiger partial charge >= 0.3 is 0 Å². The second kappa shape index (κ2) is 8.94. The fourth-order valence-electron chi connectivity index (χ4n) is 2.09. The summed E-state index contributed by atoms with van der Waals surface area (Å²) in [6.07, 6.45) is 0. The molecule has 1 N–H and O–H groups in total. The number of amides is 1. The van der Waals surface area contributed by atoms with Crippen molar-refractivity contribution in [2.24, 2.45) is 0 Å². The molecule has 6 heteroatoms. The third-order valence-electron chi connectivity index (χ3n) is 3.48. The van der Waals surface area contributed by atoms with Crippen LogP contribution in [0.3, 0.4) is 0 Å². The summed E-state index contributed by atoms with van der Waals surface area (Å²) in [5, 5.41) is 3.27. The van der Waals surface area contributed by atoms with Crippen LogP contribution >= 0.6 is 23.4 Å². The van der Waals surface area contributed by atoms with Crippen molar-refractivity contribution in [3.05, 3.63) is 64.4 Å². The van der Waals surface area contributed by atoms with Gasteiger partial charge in [-0.2, -0.15) is 0 Å². The Morgan fingerprint density at radius 2 is 2.00 bits per heavy atom. The first kappa shape index (κ1) is 18.6. The Labute approximate surface area is 150 Å². The Bertz CT molecular complexity index is 694. The number of nitrogens with one attached hydrogen (secondary N) is 1. The first-order chi connectivity index (χ1) is 11.5. The number of carbonyl (C=O) groups excluding carboxylic acids is 1. The first-order valence-electron chi connectivity index (χ1n) is 7.45. The number of carbonyl (C=O) groups is 1. The van der Waals surface area contributed by atoms with Gasteiger partial charge in [0.2, 0.25) is 5.91 Å². The number of rotatable bonds is 7. The topological polar surface area (TPSA) is 38.3 Å². The Morgan fingerprint density at radius 1 is 1.29 bits per heavy atom. The molecule has 3 nitrogen and oxygen atoms in total. The van der Waals surface area contributed by atoms with Crippen molar-refractivity contribution in [3.8, 4) is 5.75 Å². The van der Waals surface area contributed by atoms with Crippen LogP contribution in [0.5, 0.6) is 5.75 Å². The maximum atomic E-state index is 12.9. The highest BCUT2D eigenvalue weighted by Gasteiger charge is 2.14. The second-order valence-corrected chi connectivity index (χ2v) is 7.02. The average Bonchev–Trinajstić information content (AvgIpc) is 2.59. The van der Waals surface area contributed by atoms with Crippen LogP contribution in [0.1, 0.15) is 18.1 Å². The molecule has 2 rings (SSSR count). The zero-order valence-corrected chi connectivity index (χ0v) is 15.1. The van der Waals surface area contributed by atoms with Crippen LogP contribution in [0.15, 0.2) is 42.5 Å². The monoisotopic (exact) mass is 367 g/mol. The highest BCUT2D eigenvalue weighted by Crippen LogP contribution is 2.28. The number of hydrogen-bond acceptors (Lipinski definition) is 3. The van der Waals surface area contributed by atoms with Crippen LogP contribution in [-0.4, -0.2) is 18.3 Å². The van der Waals surface area contributed by atoms with Crippen LogP contribution in [0.4, 0.5) is 4.39 Å². The van der Waals surface area contributed by atoms with E-state index in [1.54, 1.807) is 25.3 Å². The first-order valence-corrected chi connectivity index (χ1v) is 8.88. The standard InChI is InChI=1S/C18H19ClFNO2S/c1-12(18(22)21-10-13-3-6-16(20)7-4-13)24-11-14-9-15(19)5-8-17(14)23-2/h3-9,12H,10-11H2,1-2H3,(H,21,22). The summed E-state index contributed by atoms with van der Waals surface area (Å²) in [6, 6.07) is 11.5. The molecule has 2 aromatic carbocycles. The Morgan fingerprint density at radius 3 is 2.67 bits per heavy atom. The Balaban J connectivity index is 1.85. The molecule has 1 amide bonds. The number of methoxy groups -OCH3 is 1. The van der Waals surface area contributed by atoms with E-state index in [0.29, 0.717) is 17.3 Å². The third-order valence-corrected chi connectivity index (χ3v) is 4.91. The molecule has 0 bridgehead atoms. The molecule has 0 aliphatic rings. The summed E-state index contributed by atoms with van der Waals surface area (Å²) in [7, 11) is 1.61. The summed E-state index contributed by atoms with van der Waals surface area (Å²) in [5.41, 5.74) is 1.81. The number of benzene rings is 2. The van der Waals surface area contributed by atoms with Crippen LogP contribution in [0.2, 0.25) is 5.02 Å². The Hall–Kier alpha value is -1.72. The highest BCUT2D eigenvalue weighted by atomic mass is 35.5. The highest BCUT2D eigenvalue weighted by molar-refractivity contribution is 7.99. The van der Waals surface area contributed by atoms with Crippen molar-refractivity contribution in [3.63, 3.8) is 0 Å². The lowest BCUT2D eigenvalue weighted by Gasteiger charge is -2.14. The van der Waals surface area contributed by atoms with Gasteiger partial charge in [0.05, 0.1) is 12.4 Å². The predicted octanol–water partition coefficient (Wildman–Crippen LogP) is 4.43. The lowest BCUT2D eigenvalue weighted by Crippen LogP contribution is -2.30. The fraction of sp³-hybridized carbons (Fsp3) is 0.278. The molecule has 24 heavy (non-hydrogen) atoms. The zero-order valence-electron chi connectivity index (χ0n) is 13.5. The molecule has 0 saturated carbocycles. The van der Waals surface area contributed by atoms with Crippen LogP contribution in [0.25, 0.3) is 0 Å². The lowest BCUT2D eigenvalue weighted by molar-refractivity contribution is -0.120. The summed E-state index contributed by atoms with van der Waals surface area (Å²) < 4.78 is 18.2. The van der Waals surface area contributed by atoms with Crippen molar-refractivity contribution in [2.75, 3.05) is 7.11 Å². The minimum Gasteiger partial charge on any atom is -0.496 e. The van der Waals surface area contributed by atoms with E-state index >= 15 is 0 Å². The van der Waals surface area contributed by atoms with Crippen molar-refractivity contribution in [2.45, 2.75) is 24.5 Å². The van der Waals surface area contributed by atoms with Crippen LogP contribution in [-0.2, 0) is 17.1 Å².